The number of aromatic hydroxyl groups is 1. The fraction of sp³-hybridized carbons (Fsp3) is 0.333. The fourth-order valence-corrected chi connectivity index (χ4v) is 3.39. The second-order valence-corrected chi connectivity index (χ2v) is 6.67. The number of methoxy groups -OCH3 is 1. The van der Waals surface area contributed by atoms with Crippen LogP contribution in [0.5, 0.6) is 11.5 Å². The van der Waals surface area contributed by atoms with E-state index in [1.807, 2.05) is 18.2 Å². The number of benzene rings is 2. The number of nitrogens with zero attached hydrogens (tertiary/aromatic N) is 2. The van der Waals surface area contributed by atoms with E-state index in [4.69, 9.17) is 4.74 Å². The van der Waals surface area contributed by atoms with Crippen molar-refractivity contribution < 1.29 is 19.4 Å². The molecule has 0 aliphatic carbocycles. The monoisotopic (exact) mass is 368 g/mol. The van der Waals surface area contributed by atoms with E-state index in [0.29, 0.717) is 24.9 Å². The summed E-state index contributed by atoms with van der Waals surface area (Å²) >= 11 is 0. The van der Waals surface area contributed by atoms with Gasteiger partial charge in [0, 0.05) is 37.8 Å². The molecule has 6 heteroatoms. The van der Waals surface area contributed by atoms with Crippen molar-refractivity contribution in [2.24, 2.45) is 0 Å². The standard InChI is InChI=1S/C21H24N2O4/c1-15(16-4-3-5-19(13-16)27-2)22-8-10-23(11-9-22)21(26)17-6-7-20(25)18(12-17)14-24/h3-7,12-15,25H,8-11H2,1-2H3. The molecule has 2 aromatic carbocycles. The maximum atomic E-state index is 12.7. The van der Waals surface area contributed by atoms with E-state index >= 15 is 0 Å². The minimum Gasteiger partial charge on any atom is -0.507 e. The Morgan fingerprint density at radius 2 is 1.89 bits per heavy atom. The predicted octanol–water partition coefficient (Wildman–Crippen LogP) is 2.73. The van der Waals surface area contributed by atoms with Crippen LogP contribution in [0, 0.1) is 0 Å². The summed E-state index contributed by atoms with van der Waals surface area (Å²) in [4.78, 5) is 27.8. The molecule has 1 saturated heterocycles. The van der Waals surface area contributed by atoms with Crippen molar-refractivity contribution in [1.29, 1.82) is 0 Å². The molecule has 2 aromatic rings. The highest BCUT2D eigenvalue weighted by Crippen LogP contribution is 2.25. The molecule has 1 heterocycles. The number of carbonyl (C=O) groups excluding carboxylic acids is 2. The molecule has 0 bridgehead atoms. The van der Waals surface area contributed by atoms with Crippen molar-refractivity contribution in [3.05, 3.63) is 59.2 Å². The first-order valence-corrected chi connectivity index (χ1v) is 8.99. The van der Waals surface area contributed by atoms with Crippen molar-refractivity contribution in [3.8, 4) is 11.5 Å². The van der Waals surface area contributed by atoms with Gasteiger partial charge in [-0.25, -0.2) is 0 Å². The van der Waals surface area contributed by atoms with Gasteiger partial charge < -0.3 is 14.7 Å². The number of hydrogen-bond acceptors (Lipinski definition) is 5. The largest absolute Gasteiger partial charge is 0.507 e. The number of aldehydes is 1. The maximum Gasteiger partial charge on any atom is 0.253 e. The van der Waals surface area contributed by atoms with Gasteiger partial charge in [0.1, 0.15) is 11.5 Å². The highest BCUT2D eigenvalue weighted by Gasteiger charge is 2.26. The van der Waals surface area contributed by atoms with E-state index in [1.165, 1.54) is 17.7 Å². The van der Waals surface area contributed by atoms with Crippen LogP contribution < -0.4 is 4.74 Å². The van der Waals surface area contributed by atoms with Gasteiger partial charge in [0.05, 0.1) is 12.7 Å². The Morgan fingerprint density at radius 3 is 2.56 bits per heavy atom. The molecule has 1 atom stereocenters. The van der Waals surface area contributed by atoms with Crippen molar-refractivity contribution in [2.45, 2.75) is 13.0 Å². The number of phenols is 1. The summed E-state index contributed by atoms with van der Waals surface area (Å²) in [6, 6.07) is 12.6. The fourth-order valence-electron chi connectivity index (χ4n) is 3.39. The van der Waals surface area contributed by atoms with Gasteiger partial charge in [-0.1, -0.05) is 12.1 Å². The van der Waals surface area contributed by atoms with Crippen LogP contribution in [0.1, 0.15) is 39.2 Å². The Hall–Kier alpha value is -2.86. The zero-order chi connectivity index (χ0) is 19.4. The lowest BCUT2D eigenvalue weighted by atomic mass is 10.1. The number of phenolic OH excluding ortho intramolecular Hbond substituents is 1. The Labute approximate surface area is 159 Å². The average molecular weight is 368 g/mol. The molecular weight excluding hydrogens is 344 g/mol. The molecule has 0 aromatic heterocycles. The molecule has 3 rings (SSSR count). The summed E-state index contributed by atoms with van der Waals surface area (Å²) in [5.74, 6) is 0.608. The Balaban J connectivity index is 1.64. The molecule has 1 amide bonds. The number of amides is 1. The summed E-state index contributed by atoms with van der Waals surface area (Å²) in [6.45, 7) is 4.92. The normalized spacial score (nSPS) is 16.0. The van der Waals surface area contributed by atoms with Crippen molar-refractivity contribution in [2.75, 3.05) is 33.3 Å². The van der Waals surface area contributed by atoms with E-state index in [1.54, 1.807) is 18.1 Å². The molecule has 1 aliphatic heterocycles. The third kappa shape index (κ3) is 4.11. The van der Waals surface area contributed by atoms with Gasteiger partial charge in [-0.3, -0.25) is 14.5 Å². The first-order valence-electron chi connectivity index (χ1n) is 8.99. The summed E-state index contributed by atoms with van der Waals surface area (Å²) < 4.78 is 5.30. The number of ether oxygens (including phenoxy) is 1. The molecule has 1 aliphatic rings. The molecule has 142 valence electrons. The van der Waals surface area contributed by atoms with Gasteiger partial charge >= 0.3 is 0 Å². The van der Waals surface area contributed by atoms with Crippen LogP contribution in [0.25, 0.3) is 0 Å². The van der Waals surface area contributed by atoms with E-state index in [0.717, 1.165) is 18.8 Å². The lowest BCUT2D eigenvalue weighted by Crippen LogP contribution is -2.49. The van der Waals surface area contributed by atoms with Crippen LogP contribution in [0.15, 0.2) is 42.5 Å². The second kappa shape index (κ2) is 8.22. The van der Waals surface area contributed by atoms with Crippen LogP contribution in [-0.4, -0.2) is 60.4 Å². The molecule has 1 fully saturated rings. The molecule has 0 radical (unpaired) electrons. The van der Waals surface area contributed by atoms with Crippen LogP contribution in [0.4, 0.5) is 0 Å². The highest BCUT2D eigenvalue weighted by atomic mass is 16.5. The number of carbonyl (C=O) groups is 2. The van der Waals surface area contributed by atoms with Gasteiger partial charge in [-0.05, 0) is 42.8 Å². The first kappa shape index (κ1) is 18.9. The third-order valence-corrected chi connectivity index (χ3v) is 5.13. The summed E-state index contributed by atoms with van der Waals surface area (Å²) in [6.07, 6.45) is 0.555. The predicted molar refractivity (Wildman–Crippen MR) is 102 cm³/mol. The lowest BCUT2D eigenvalue weighted by molar-refractivity contribution is 0.0582. The van der Waals surface area contributed by atoms with E-state index in [2.05, 4.69) is 17.9 Å². The molecule has 0 spiro atoms. The number of rotatable bonds is 5. The summed E-state index contributed by atoms with van der Waals surface area (Å²) in [7, 11) is 1.66. The topological polar surface area (TPSA) is 70.1 Å². The van der Waals surface area contributed by atoms with E-state index < -0.39 is 0 Å². The molecular formula is C21H24N2O4. The van der Waals surface area contributed by atoms with Crippen molar-refractivity contribution >= 4 is 12.2 Å². The smallest absolute Gasteiger partial charge is 0.253 e. The van der Waals surface area contributed by atoms with Crippen LogP contribution in [-0.2, 0) is 0 Å². The van der Waals surface area contributed by atoms with Crippen molar-refractivity contribution in [1.82, 2.24) is 9.80 Å². The first-order chi connectivity index (χ1) is 13.0. The van der Waals surface area contributed by atoms with Gasteiger partial charge in [0.2, 0.25) is 0 Å². The molecule has 6 nitrogen and oxygen atoms in total. The van der Waals surface area contributed by atoms with Gasteiger partial charge in [0.25, 0.3) is 5.91 Å². The summed E-state index contributed by atoms with van der Waals surface area (Å²) in [5, 5.41) is 9.60. The zero-order valence-electron chi connectivity index (χ0n) is 15.6. The molecule has 1 N–H and O–H groups in total. The van der Waals surface area contributed by atoms with Crippen molar-refractivity contribution in [3.63, 3.8) is 0 Å². The van der Waals surface area contributed by atoms with Crippen LogP contribution in [0.2, 0.25) is 0 Å². The second-order valence-electron chi connectivity index (χ2n) is 6.67. The maximum absolute atomic E-state index is 12.7. The molecule has 0 saturated carbocycles. The van der Waals surface area contributed by atoms with E-state index in [9.17, 15) is 14.7 Å². The van der Waals surface area contributed by atoms with Crippen LogP contribution >= 0.6 is 0 Å². The quantitative estimate of drug-likeness (QED) is 0.822. The van der Waals surface area contributed by atoms with E-state index in [-0.39, 0.29) is 23.3 Å². The summed E-state index contributed by atoms with van der Waals surface area (Å²) in [5.41, 5.74) is 1.73. The Kier molecular flexibility index (Phi) is 5.76. The van der Waals surface area contributed by atoms with Gasteiger partial charge in [-0.2, -0.15) is 0 Å². The minimum absolute atomic E-state index is 0.113. The zero-order valence-corrected chi connectivity index (χ0v) is 15.6. The SMILES string of the molecule is COc1cccc(C(C)N2CCN(C(=O)c3ccc(O)c(C=O)c3)CC2)c1. The average Bonchev–Trinajstić information content (AvgIpc) is 2.73. The lowest BCUT2D eigenvalue weighted by Gasteiger charge is -2.38. The highest BCUT2D eigenvalue weighted by molar-refractivity contribution is 5.96. The number of hydrogen-bond donors (Lipinski definition) is 1. The van der Waals surface area contributed by atoms with Crippen LogP contribution in [0.3, 0.4) is 0 Å². The Bertz CT molecular complexity index is 829. The number of piperazine rings is 1. The van der Waals surface area contributed by atoms with Gasteiger partial charge in [-0.15, -0.1) is 0 Å². The third-order valence-electron chi connectivity index (χ3n) is 5.13. The molecule has 27 heavy (non-hydrogen) atoms. The Morgan fingerprint density at radius 1 is 1.15 bits per heavy atom. The van der Waals surface area contributed by atoms with Gasteiger partial charge in [0.15, 0.2) is 6.29 Å². The molecule has 1 unspecified atom stereocenters. The minimum atomic E-state index is -0.119.